The standard InChI is InChI=1S/C19H19ClN2O4S/c1-12-16(10-22(4-5-23)9-13-3-2-6-27-13)21-19(26-12)14-7-17-18(8-15(14)20)25-11-24-17/h2-3,6-8,23H,4-5,9-11H2,1H3. The van der Waals surface area contributed by atoms with Gasteiger partial charge in [0.2, 0.25) is 12.7 Å². The lowest BCUT2D eigenvalue weighted by Crippen LogP contribution is -2.26. The monoisotopic (exact) mass is 406 g/mol. The number of benzene rings is 1. The first kappa shape index (κ1) is 18.3. The Kier molecular flexibility index (Phi) is 5.36. The Morgan fingerprint density at radius 3 is 2.81 bits per heavy atom. The molecule has 0 spiro atoms. The number of aliphatic hydroxyl groups excluding tert-OH is 1. The minimum absolute atomic E-state index is 0.0864. The number of oxazole rings is 1. The summed E-state index contributed by atoms with van der Waals surface area (Å²) >= 11 is 8.07. The number of nitrogens with zero attached hydrogens (tertiary/aromatic N) is 2. The summed E-state index contributed by atoms with van der Waals surface area (Å²) in [5.41, 5.74) is 1.49. The van der Waals surface area contributed by atoms with E-state index < -0.39 is 0 Å². The van der Waals surface area contributed by atoms with Crippen LogP contribution in [-0.4, -0.2) is 34.9 Å². The molecule has 4 rings (SSSR count). The van der Waals surface area contributed by atoms with Crippen molar-refractivity contribution in [3.8, 4) is 23.0 Å². The Labute approximate surface area is 165 Å². The van der Waals surface area contributed by atoms with Gasteiger partial charge in [-0.2, -0.15) is 0 Å². The molecule has 0 atom stereocenters. The van der Waals surface area contributed by atoms with Gasteiger partial charge in [-0.15, -0.1) is 11.3 Å². The molecular weight excluding hydrogens is 388 g/mol. The molecule has 3 heterocycles. The van der Waals surface area contributed by atoms with Crippen LogP contribution in [0.3, 0.4) is 0 Å². The molecule has 0 saturated heterocycles. The van der Waals surface area contributed by atoms with Crippen LogP contribution >= 0.6 is 22.9 Å². The van der Waals surface area contributed by atoms with Gasteiger partial charge in [0.15, 0.2) is 11.5 Å². The van der Waals surface area contributed by atoms with Crippen molar-refractivity contribution in [2.45, 2.75) is 20.0 Å². The van der Waals surface area contributed by atoms with Gasteiger partial charge in [0.05, 0.1) is 22.9 Å². The van der Waals surface area contributed by atoms with E-state index in [9.17, 15) is 5.11 Å². The zero-order valence-electron chi connectivity index (χ0n) is 14.8. The highest BCUT2D eigenvalue weighted by molar-refractivity contribution is 7.09. The highest BCUT2D eigenvalue weighted by atomic mass is 35.5. The van der Waals surface area contributed by atoms with Gasteiger partial charge in [-0.25, -0.2) is 4.98 Å². The molecule has 0 saturated carbocycles. The van der Waals surface area contributed by atoms with Crippen LogP contribution in [-0.2, 0) is 13.1 Å². The van der Waals surface area contributed by atoms with Crippen molar-refractivity contribution in [3.05, 3.63) is 51.0 Å². The van der Waals surface area contributed by atoms with Crippen molar-refractivity contribution < 1.29 is 19.0 Å². The number of rotatable bonds is 7. The fraction of sp³-hybridized carbons (Fsp3) is 0.316. The van der Waals surface area contributed by atoms with E-state index in [1.54, 1.807) is 23.5 Å². The van der Waals surface area contributed by atoms with Gasteiger partial charge in [0, 0.05) is 30.6 Å². The molecule has 0 aliphatic carbocycles. The fourth-order valence-electron chi connectivity index (χ4n) is 2.96. The minimum atomic E-state index is 0.0864. The summed E-state index contributed by atoms with van der Waals surface area (Å²) in [5.74, 6) is 2.43. The zero-order valence-corrected chi connectivity index (χ0v) is 16.3. The third-order valence-corrected chi connectivity index (χ3v) is 5.51. The first-order valence-corrected chi connectivity index (χ1v) is 9.81. The number of aliphatic hydroxyl groups is 1. The summed E-state index contributed by atoms with van der Waals surface area (Å²) < 4.78 is 16.6. The maximum Gasteiger partial charge on any atom is 0.231 e. The molecule has 0 amide bonds. The fourth-order valence-corrected chi connectivity index (χ4v) is 3.94. The predicted molar refractivity (Wildman–Crippen MR) is 103 cm³/mol. The van der Waals surface area contributed by atoms with E-state index in [-0.39, 0.29) is 13.4 Å². The molecule has 0 fully saturated rings. The van der Waals surface area contributed by atoms with Crippen LogP contribution in [0.2, 0.25) is 5.02 Å². The molecule has 1 N–H and O–H groups in total. The summed E-state index contributed by atoms with van der Waals surface area (Å²) in [7, 11) is 0. The quantitative estimate of drug-likeness (QED) is 0.637. The van der Waals surface area contributed by atoms with Crippen molar-refractivity contribution in [3.63, 3.8) is 0 Å². The molecule has 142 valence electrons. The largest absolute Gasteiger partial charge is 0.454 e. The Morgan fingerprint density at radius 1 is 1.26 bits per heavy atom. The van der Waals surface area contributed by atoms with Gasteiger partial charge in [0.25, 0.3) is 0 Å². The van der Waals surface area contributed by atoms with E-state index in [1.165, 1.54) is 4.88 Å². The Hall–Kier alpha value is -2.06. The van der Waals surface area contributed by atoms with Gasteiger partial charge < -0.3 is 19.0 Å². The second-order valence-corrected chi connectivity index (χ2v) is 7.66. The van der Waals surface area contributed by atoms with Crippen molar-refractivity contribution in [1.29, 1.82) is 0 Å². The number of thiophene rings is 1. The average molecular weight is 407 g/mol. The van der Waals surface area contributed by atoms with Crippen LogP contribution in [0, 0.1) is 6.92 Å². The summed E-state index contributed by atoms with van der Waals surface area (Å²) in [5, 5.41) is 11.9. The number of hydrogen-bond donors (Lipinski definition) is 1. The lowest BCUT2D eigenvalue weighted by molar-refractivity contribution is 0.174. The Balaban J connectivity index is 1.57. The summed E-state index contributed by atoms with van der Waals surface area (Å²) in [4.78, 5) is 8.03. The van der Waals surface area contributed by atoms with Crippen LogP contribution in [0.25, 0.3) is 11.5 Å². The van der Waals surface area contributed by atoms with Crippen LogP contribution in [0.4, 0.5) is 0 Å². The molecule has 0 unspecified atom stereocenters. The van der Waals surface area contributed by atoms with Crippen molar-refractivity contribution in [2.75, 3.05) is 19.9 Å². The molecule has 0 radical (unpaired) electrons. The molecule has 1 aliphatic heterocycles. The van der Waals surface area contributed by atoms with E-state index in [0.717, 1.165) is 18.0 Å². The number of halogens is 1. The summed E-state index contributed by atoms with van der Waals surface area (Å²) in [6.45, 7) is 4.05. The molecule has 8 heteroatoms. The highest BCUT2D eigenvalue weighted by Gasteiger charge is 2.22. The smallest absolute Gasteiger partial charge is 0.231 e. The van der Waals surface area contributed by atoms with Gasteiger partial charge >= 0.3 is 0 Å². The lowest BCUT2D eigenvalue weighted by Gasteiger charge is -2.19. The number of ether oxygens (including phenoxy) is 2. The third-order valence-electron chi connectivity index (χ3n) is 4.33. The maximum absolute atomic E-state index is 9.40. The number of aromatic nitrogens is 1. The van der Waals surface area contributed by atoms with Crippen molar-refractivity contribution in [1.82, 2.24) is 9.88 Å². The number of fused-ring (bicyclic) bond motifs is 1. The predicted octanol–water partition coefficient (Wildman–Crippen LogP) is 4.09. The second kappa shape index (κ2) is 7.90. The first-order valence-electron chi connectivity index (χ1n) is 8.55. The van der Waals surface area contributed by atoms with E-state index in [0.29, 0.717) is 41.1 Å². The number of aryl methyl sites for hydroxylation is 1. The van der Waals surface area contributed by atoms with Crippen LogP contribution in [0.5, 0.6) is 11.5 Å². The molecule has 3 aromatic rings. The molecule has 0 bridgehead atoms. The first-order chi connectivity index (χ1) is 13.1. The van der Waals surface area contributed by atoms with Gasteiger partial charge in [-0.1, -0.05) is 17.7 Å². The highest BCUT2D eigenvalue weighted by Crippen LogP contribution is 2.41. The van der Waals surface area contributed by atoms with E-state index in [2.05, 4.69) is 16.0 Å². The molecule has 6 nitrogen and oxygen atoms in total. The Bertz CT molecular complexity index is 926. The van der Waals surface area contributed by atoms with E-state index >= 15 is 0 Å². The topological polar surface area (TPSA) is 68.0 Å². The van der Waals surface area contributed by atoms with Crippen LogP contribution in [0.1, 0.15) is 16.3 Å². The number of hydrogen-bond acceptors (Lipinski definition) is 7. The Morgan fingerprint density at radius 2 is 2.07 bits per heavy atom. The average Bonchev–Trinajstić information content (AvgIpc) is 3.36. The lowest BCUT2D eigenvalue weighted by atomic mass is 10.2. The zero-order chi connectivity index (χ0) is 18.8. The van der Waals surface area contributed by atoms with Crippen molar-refractivity contribution >= 4 is 22.9 Å². The van der Waals surface area contributed by atoms with Crippen LogP contribution < -0.4 is 9.47 Å². The molecule has 27 heavy (non-hydrogen) atoms. The molecular formula is C19H19ClN2O4S. The van der Waals surface area contributed by atoms with E-state index in [4.69, 9.17) is 25.5 Å². The summed E-state index contributed by atoms with van der Waals surface area (Å²) in [6.07, 6.45) is 0. The van der Waals surface area contributed by atoms with E-state index in [1.807, 2.05) is 18.4 Å². The van der Waals surface area contributed by atoms with Crippen LogP contribution in [0.15, 0.2) is 34.1 Å². The van der Waals surface area contributed by atoms with Gasteiger partial charge in [-0.05, 0) is 24.4 Å². The maximum atomic E-state index is 9.40. The van der Waals surface area contributed by atoms with Gasteiger partial charge in [-0.3, -0.25) is 4.90 Å². The normalized spacial score (nSPS) is 12.9. The SMILES string of the molecule is Cc1oc(-c2cc3c(cc2Cl)OCO3)nc1CN(CCO)Cc1cccs1. The minimum Gasteiger partial charge on any atom is -0.454 e. The third kappa shape index (κ3) is 3.96. The van der Waals surface area contributed by atoms with Crippen molar-refractivity contribution in [2.24, 2.45) is 0 Å². The molecule has 2 aromatic heterocycles. The van der Waals surface area contributed by atoms with Gasteiger partial charge in [0.1, 0.15) is 5.76 Å². The summed E-state index contributed by atoms with van der Waals surface area (Å²) in [6, 6.07) is 7.62. The second-order valence-electron chi connectivity index (χ2n) is 6.22. The molecule has 1 aliphatic rings. The molecule has 1 aromatic carbocycles.